The molecular formula is C17H14Cl2N2O4. The molecule has 0 fully saturated rings. The van der Waals surface area contributed by atoms with Gasteiger partial charge in [-0.15, -0.1) is 0 Å². The summed E-state index contributed by atoms with van der Waals surface area (Å²) < 4.78 is 4.59. The first kappa shape index (κ1) is 18.8. The second-order valence-corrected chi connectivity index (χ2v) is 5.77. The van der Waals surface area contributed by atoms with E-state index in [1.807, 2.05) is 0 Å². The number of hydrogen-bond acceptors (Lipinski definition) is 4. The molecule has 0 atom stereocenters. The number of benzene rings is 2. The summed E-state index contributed by atoms with van der Waals surface area (Å²) in [6, 6.07) is 10.6. The molecule has 130 valence electrons. The third-order valence-electron chi connectivity index (χ3n) is 3.18. The van der Waals surface area contributed by atoms with Crippen LogP contribution in [0.15, 0.2) is 42.5 Å². The van der Waals surface area contributed by atoms with E-state index in [0.29, 0.717) is 16.3 Å². The Morgan fingerprint density at radius 1 is 1.04 bits per heavy atom. The van der Waals surface area contributed by atoms with Crippen LogP contribution in [0, 0.1) is 0 Å². The minimum Gasteiger partial charge on any atom is -0.465 e. The van der Waals surface area contributed by atoms with Gasteiger partial charge in [-0.05, 0) is 42.5 Å². The van der Waals surface area contributed by atoms with Gasteiger partial charge in [0.1, 0.15) is 0 Å². The van der Waals surface area contributed by atoms with Crippen LogP contribution in [0.2, 0.25) is 10.0 Å². The highest BCUT2D eigenvalue weighted by Gasteiger charge is 2.12. The molecule has 0 saturated heterocycles. The third kappa shape index (κ3) is 5.20. The Hall–Kier alpha value is -2.57. The zero-order valence-electron chi connectivity index (χ0n) is 13.1. The zero-order chi connectivity index (χ0) is 18.4. The van der Waals surface area contributed by atoms with Crippen LogP contribution in [0.25, 0.3) is 0 Å². The van der Waals surface area contributed by atoms with Crippen molar-refractivity contribution in [2.45, 2.75) is 0 Å². The number of hydrogen-bond donors (Lipinski definition) is 2. The molecule has 0 aliphatic carbocycles. The van der Waals surface area contributed by atoms with Crippen LogP contribution in [-0.2, 0) is 9.53 Å². The fourth-order valence-corrected chi connectivity index (χ4v) is 2.44. The van der Waals surface area contributed by atoms with Gasteiger partial charge < -0.3 is 15.4 Å². The van der Waals surface area contributed by atoms with E-state index in [4.69, 9.17) is 23.2 Å². The molecule has 2 rings (SSSR count). The van der Waals surface area contributed by atoms with E-state index in [-0.39, 0.29) is 17.1 Å². The SMILES string of the molecule is COC(=O)c1ccc(NC(=O)CNC(=O)c2ccc(Cl)cc2Cl)cc1. The second-order valence-electron chi connectivity index (χ2n) is 4.92. The Bertz CT molecular complexity index is 807. The highest BCUT2D eigenvalue weighted by Crippen LogP contribution is 2.20. The van der Waals surface area contributed by atoms with Crippen molar-refractivity contribution in [3.8, 4) is 0 Å². The normalized spacial score (nSPS) is 10.0. The quantitative estimate of drug-likeness (QED) is 0.780. The van der Waals surface area contributed by atoms with Gasteiger partial charge in [-0.1, -0.05) is 23.2 Å². The average molecular weight is 381 g/mol. The summed E-state index contributed by atoms with van der Waals surface area (Å²) in [5.41, 5.74) is 1.07. The molecule has 0 heterocycles. The van der Waals surface area contributed by atoms with E-state index in [1.54, 1.807) is 12.1 Å². The van der Waals surface area contributed by atoms with Gasteiger partial charge in [0.05, 0.1) is 29.8 Å². The lowest BCUT2D eigenvalue weighted by molar-refractivity contribution is -0.115. The first-order chi connectivity index (χ1) is 11.9. The van der Waals surface area contributed by atoms with Gasteiger partial charge in [-0.25, -0.2) is 4.79 Å². The fraction of sp³-hybridized carbons (Fsp3) is 0.118. The van der Waals surface area contributed by atoms with Crippen LogP contribution >= 0.6 is 23.2 Å². The summed E-state index contributed by atoms with van der Waals surface area (Å²) in [4.78, 5) is 35.2. The third-order valence-corrected chi connectivity index (χ3v) is 3.72. The molecule has 6 nitrogen and oxygen atoms in total. The van der Waals surface area contributed by atoms with Crippen LogP contribution in [0.5, 0.6) is 0 Å². The number of carbonyl (C=O) groups excluding carboxylic acids is 3. The van der Waals surface area contributed by atoms with Gasteiger partial charge in [0.2, 0.25) is 5.91 Å². The van der Waals surface area contributed by atoms with E-state index in [1.165, 1.54) is 37.4 Å². The molecule has 0 aromatic heterocycles. The maximum Gasteiger partial charge on any atom is 0.337 e. The molecule has 25 heavy (non-hydrogen) atoms. The largest absolute Gasteiger partial charge is 0.465 e. The van der Waals surface area contributed by atoms with Crippen molar-refractivity contribution in [1.82, 2.24) is 5.32 Å². The standard InChI is InChI=1S/C17H14Cl2N2O4/c1-25-17(24)10-2-5-12(6-3-10)21-15(22)9-20-16(23)13-7-4-11(18)8-14(13)19/h2-8H,9H2,1H3,(H,20,23)(H,21,22). The summed E-state index contributed by atoms with van der Waals surface area (Å²) in [6.07, 6.45) is 0. The van der Waals surface area contributed by atoms with Gasteiger partial charge >= 0.3 is 5.97 Å². The number of anilines is 1. The first-order valence-corrected chi connectivity index (χ1v) is 7.88. The number of nitrogens with one attached hydrogen (secondary N) is 2. The number of ether oxygens (including phenoxy) is 1. The highest BCUT2D eigenvalue weighted by molar-refractivity contribution is 6.36. The Kier molecular flexibility index (Phi) is 6.38. The maximum absolute atomic E-state index is 12.0. The molecule has 2 amide bonds. The Labute approximate surface area is 154 Å². The molecule has 0 spiro atoms. The lowest BCUT2D eigenvalue weighted by Gasteiger charge is -2.08. The number of halogens is 2. The zero-order valence-corrected chi connectivity index (χ0v) is 14.6. The van der Waals surface area contributed by atoms with E-state index in [0.717, 1.165) is 0 Å². The lowest BCUT2D eigenvalue weighted by atomic mass is 10.2. The van der Waals surface area contributed by atoms with Gasteiger partial charge in [-0.3, -0.25) is 9.59 Å². The summed E-state index contributed by atoms with van der Waals surface area (Å²) >= 11 is 11.7. The Balaban J connectivity index is 1.90. The van der Waals surface area contributed by atoms with Gasteiger partial charge in [-0.2, -0.15) is 0 Å². The van der Waals surface area contributed by atoms with Crippen molar-refractivity contribution in [3.05, 3.63) is 63.6 Å². The summed E-state index contributed by atoms with van der Waals surface area (Å²) in [7, 11) is 1.29. The van der Waals surface area contributed by atoms with Crippen molar-refractivity contribution in [3.63, 3.8) is 0 Å². The number of amides is 2. The smallest absolute Gasteiger partial charge is 0.337 e. The molecule has 8 heteroatoms. The van der Waals surface area contributed by atoms with Gasteiger partial charge in [0, 0.05) is 10.7 Å². The minimum atomic E-state index is -0.488. The number of rotatable bonds is 5. The van der Waals surface area contributed by atoms with Crippen LogP contribution < -0.4 is 10.6 Å². The topological polar surface area (TPSA) is 84.5 Å². The van der Waals surface area contributed by atoms with Crippen LogP contribution in [0.4, 0.5) is 5.69 Å². The van der Waals surface area contributed by atoms with Crippen LogP contribution in [0.1, 0.15) is 20.7 Å². The molecule has 0 bridgehead atoms. The van der Waals surface area contributed by atoms with Gasteiger partial charge in [0.25, 0.3) is 5.91 Å². The molecule has 2 N–H and O–H groups in total. The molecule has 0 unspecified atom stereocenters. The number of methoxy groups -OCH3 is 1. The predicted octanol–water partition coefficient (Wildman–Crippen LogP) is 3.15. The van der Waals surface area contributed by atoms with E-state index in [2.05, 4.69) is 15.4 Å². The first-order valence-electron chi connectivity index (χ1n) is 7.12. The van der Waals surface area contributed by atoms with Crippen molar-refractivity contribution in [2.75, 3.05) is 19.0 Å². The molecule has 2 aromatic rings. The molecule has 2 aromatic carbocycles. The van der Waals surface area contributed by atoms with E-state index >= 15 is 0 Å². The molecule has 0 aliphatic rings. The second kappa shape index (κ2) is 8.50. The summed E-state index contributed by atoms with van der Waals surface area (Å²) in [5.74, 6) is -1.38. The highest BCUT2D eigenvalue weighted by atomic mass is 35.5. The molecule has 0 aliphatic heterocycles. The van der Waals surface area contributed by atoms with Crippen molar-refractivity contribution >= 4 is 46.7 Å². The predicted molar refractivity (Wildman–Crippen MR) is 95.2 cm³/mol. The average Bonchev–Trinajstić information content (AvgIpc) is 2.59. The fourth-order valence-electron chi connectivity index (χ4n) is 1.94. The minimum absolute atomic E-state index is 0.198. The number of carbonyl (C=O) groups is 3. The lowest BCUT2D eigenvalue weighted by Crippen LogP contribution is -2.33. The van der Waals surface area contributed by atoms with Crippen molar-refractivity contribution in [2.24, 2.45) is 0 Å². The summed E-state index contributed by atoms with van der Waals surface area (Å²) in [6.45, 7) is -0.240. The molecule has 0 radical (unpaired) electrons. The van der Waals surface area contributed by atoms with Gasteiger partial charge in [0.15, 0.2) is 0 Å². The Morgan fingerprint density at radius 3 is 2.32 bits per heavy atom. The Morgan fingerprint density at radius 2 is 1.72 bits per heavy atom. The number of esters is 1. The van der Waals surface area contributed by atoms with Crippen LogP contribution in [-0.4, -0.2) is 31.4 Å². The van der Waals surface area contributed by atoms with E-state index < -0.39 is 17.8 Å². The monoisotopic (exact) mass is 380 g/mol. The molecular weight excluding hydrogens is 367 g/mol. The summed E-state index contributed by atoms with van der Waals surface area (Å²) in [5, 5.41) is 5.67. The van der Waals surface area contributed by atoms with Crippen molar-refractivity contribution < 1.29 is 19.1 Å². The van der Waals surface area contributed by atoms with Crippen LogP contribution in [0.3, 0.4) is 0 Å². The maximum atomic E-state index is 12.0. The molecule has 0 saturated carbocycles. The van der Waals surface area contributed by atoms with E-state index in [9.17, 15) is 14.4 Å². The van der Waals surface area contributed by atoms with Crippen molar-refractivity contribution in [1.29, 1.82) is 0 Å².